The number of hydrogen-bond acceptors (Lipinski definition) is 3. The Hall–Kier alpha value is -0.410. The molecule has 88 valence electrons. The van der Waals surface area contributed by atoms with Crippen LogP contribution < -0.4 is 0 Å². The number of carbonyl (C=O) groups is 1. The van der Waals surface area contributed by atoms with Crippen LogP contribution in [0, 0.1) is 0 Å². The van der Waals surface area contributed by atoms with Crippen molar-refractivity contribution in [3.8, 4) is 0 Å². The first kappa shape index (κ1) is 12.7. The summed E-state index contributed by atoms with van der Waals surface area (Å²) in [5.41, 5.74) is -0.204. The minimum Gasteiger partial charge on any atom is -0.379 e. The summed E-state index contributed by atoms with van der Waals surface area (Å²) in [5.74, 6) is 0.236. The van der Waals surface area contributed by atoms with E-state index < -0.39 is 0 Å². The molecule has 3 nitrogen and oxygen atoms in total. The molecule has 1 heterocycles. The Morgan fingerprint density at radius 3 is 2.73 bits per heavy atom. The Labute approximate surface area is 92.1 Å². The first-order valence-electron chi connectivity index (χ1n) is 5.74. The van der Waals surface area contributed by atoms with Gasteiger partial charge in [0.2, 0.25) is 0 Å². The molecule has 0 saturated carbocycles. The van der Waals surface area contributed by atoms with E-state index in [0.717, 1.165) is 32.3 Å². The van der Waals surface area contributed by atoms with Crippen LogP contribution in [0.4, 0.5) is 0 Å². The molecule has 1 fully saturated rings. The minimum atomic E-state index is -0.204. The second-order valence-corrected chi connectivity index (χ2v) is 4.79. The summed E-state index contributed by atoms with van der Waals surface area (Å²) in [6.45, 7) is 4.74. The molecule has 0 N–H and O–H groups in total. The lowest BCUT2D eigenvalue weighted by atomic mass is 9.96. The number of carbonyl (C=O) groups excluding carboxylic acids is 1. The summed E-state index contributed by atoms with van der Waals surface area (Å²) >= 11 is 0. The van der Waals surface area contributed by atoms with Crippen molar-refractivity contribution in [1.29, 1.82) is 0 Å². The molecule has 3 heteroatoms. The molecule has 0 aromatic rings. The van der Waals surface area contributed by atoms with Crippen molar-refractivity contribution < 1.29 is 14.3 Å². The molecule has 1 aliphatic heterocycles. The summed E-state index contributed by atoms with van der Waals surface area (Å²) in [5, 5.41) is 0. The van der Waals surface area contributed by atoms with Crippen molar-refractivity contribution >= 4 is 5.78 Å². The molecular formula is C12H22O3. The average Bonchev–Trinajstić information content (AvgIpc) is 2.27. The van der Waals surface area contributed by atoms with Crippen LogP contribution in [-0.4, -0.2) is 31.2 Å². The molecule has 1 atom stereocenters. The van der Waals surface area contributed by atoms with Gasteiger partial charge in [0.05, 0.1) is 5.60 Å². The van der Waals surface area contributed by atoms with E-state index in [9.17, 15) is 4.79 Å². The number of ketones is 1. The smallest absolute Gasteiger partial charge is 0.161 e. The van der Waals surface area contributed by atoms with Crippen molar-refractivity contribution in [2.75, 3.05) is 13.7 Å². The zero-order chi connectivity index (χ0) is 11.3. The SMILES string of the molecule is COC(C)(C)CCC(=O)C1CCCCO1. The lowest BCUT2D eigenvalue weighted by molar-refractivity contribution is -0.134. The van der Waals surface area contributed by atoms with Crippen LogP contribution >= 0.6 is 0 Å². The highest BCUT2D eigenvalue weighted by atomic mass is 16.5. The van der Waals surface area contributed by atoms with Gasteiger partial charge in [-0.2, -0.15) is 0 Å². The Balaban J connectivity index is 2.28. The maximum absolute atomic E-state index is 11.8. The molecule has 0 aliphatic carbocycles. The number of methoxy groups -OCH3 is 1. The number of rotatable bonds is 5. The van der Waals surface area contributed by atoms with Gasteiger partial charge in [-0.3, -0.25) is 4.79 Å². The average molecular weight is 214 g/mol. The maximum Gasteiger partial charge on any atom is 0.161 e. The van der Waals surface area contributed by atoms with Crippen LogP contribution in [0.2, 0.25) is 0 Å². The number of hydrogen-bond donors (Lipinski definition) is 0. The van der Waals surface area contributed by atoms with E-state index in [1.807, 2.05) is 13.8 Å². The van der Waals surface area contributed by atoms with Gasteiger partial charge in [-0.15, -0.1) is 0 Å². The highest BCUT2D eigenvalue weighted by molar-refractivity contribution is 5.83. The highest BCUT2D eigenvalue weighted by Crippen LogP contribution is 2.20. The molecule has 0 bridgehead atoms. The summed E-state index contributed by atoms with van der Waals surface area (Å²) < 4.78 is 10.7. The molecule has 1 unspecified atom stereocenters. The van der Waals surface area contributed by atoms with Gasteiger partial charge in [-0.1, -0.05) is 0 Å². The number of Topliss-reactive ketones (excluding diaryl/α,β-unsaturated/α-hetero) is 1. The molecule has 0 aromatic carbocycles. The van der Waals surface area contributed by atoms with Crippen LogP contribution in [-0.2, 0) is 14.3 Å². The largest absolute Gasteiger partial charge is 0.379 e. The second kappa shape index (κ2) is 5.61. The molecule has 1 rings (SSSR count). The maximum atomic E-state index is 11.8. The highest BCUT2D eigenvalue weighted by Gasteiger charge is 2.24. The second-order valence-electron chi connectivity index (χ2n) is 4.79. The van der Waals surface area contributed by atoms with E-state index in [4.69, 9.17) is 9.47 Å². The van der Waals surface area contributed by atoms with Gasteiger partial charge in [-0.05, 0) is 39.5 Å². The lowest BCUT2D eigenvalue weighted by Gasteiger charge is -2.25. The van der Waals surface area contributed by atoms with Crippen LogP contribution in [0.25, 0.3) is 0 Å². The summed E-state index contributed by atoms with van der Waals surface area (Å²) in [6, 6.07) is 0. The van der Waals surface area contributed by atoms with Crippen molar-refractivity contribution in [2.24, 2.45) is 0 Å². The zero-order valence-electron chi connectivity index (χ0n) is 10.0. The van der Waals surface area contributed by atoms with Crippen molar-refractivity contribution in [3.05, 3.63) is 0 Å². The van der Waals surface area contributed by atoms with Crippen molar-refractivity contribution in [1.82, 2.24) is 0 Å². The van der Waals surface area contributed by atoms with Gasteiger partial charge >= 0.3 is 0 Å². The summed E-state index contributed by atoms with van der Waals surface area (Å²) in [4.78, 5) is 11.8. The van der Waals surface area contributed by atoms with E-state index in [2.05, 4.69) is 0 Å². The quantitative estimate of drug-likeness (QED) is 0.704. The first-order valence-corrected chi connectivity index (χ1v) is 5.74. The van der Waals surface area contributed by atoms with E-state index in [1.165, 1.54) is 0 Å². The van der Waals surface area contributed by atoms with Gasteiger partial charge in [-0.25, -0.2) is 0 Å². The van der Waals surface area contributed by atoms with Gasteiger partial charge in [0.15, 0.2) is 5.78 Å². The molecule has 0 amide bonds. The summed E-state index contributed by atoms with van der Waals surface area (Å²) in [7, 11) is 1.68. The standard InChI is InChI=1S/C12H22O3/c1-12(2,14-3)8-7-10(13)11-6-4-5-9-15-11/h11H,4-9H2,1-3H3. The predicted molar refractivity (Wildman–Crippen MR) is 58.9 cm³/mol. The third kappa shape index (κ3) is 4.31. The van der Waals surface area contributed by atoms with Crippen molar-refractivity contribution in [2.45, 2.75) is 57.7 Å². The fourth-order valence-corrected chi connectivity index (χ4v) is 1.68. The predicted octanol–water partition coefficient (Wildman–Crippen LogP) is 2.33. The molecule has 1 saturated heterocycles. The fourth-order valence-electron chi connectivity index (χ4n) is 1.68. The molecule has 0 spiro atoms. The summed E-state index contributed by atoms with van der Waals surface area (Å²) in [6.07, 6.45) is 4.28. The van der Waals surface area contributed by atoms with Crippen LogP contribution in [0.3, 0.4) is 0 Å². The lowest BCUT2D eigenvalue weighted by Crippen LogP contribution is -2.31. The Morgan fingerprint density at radius 1 is 1.47 bits per heavy atom. The molecule has 1 aliphatic rings. The van der Waals surface area contributed by atoms with Crippen LogP contribution in [0.15, 0.2) is 0 Å². The molecule has 0 radical (unpaired) electrons. The Morgan fingerprint density at radius 2 is 2.20 bits per heavy atom. The van der Waals surface area contributed by atoms with E-state index in [-0.39, 0.29) is 17.5 Å². The topological polar surface area (TPSA) is 35.5 Å². The normalized spacial score (nSPS) is 22.7. The Kier molecular flexibility index (Phi) is 4.74. The zero-order valence-corrected chi connectivity index (χ0v) is 10.0. The first-order chi connectivity index (χ1) is 7.05. The Bertz CT molecular complexity index is 205. The van der Waals surface area contributed by atoms with Gasteiger partial charge in [0, 0.05) is 20.1 Å². The number of ether oxygens (including phenoxy) is 2. The molecular weight excluding hydrogens is 192 g/mol. The van der Waals surface area contributed by atoms with Crippen LogP contribution in [0.5, 0.6) is 0 Å². The van der Waals surface area contributed by atoms with E-state index >= 15 is 0 Å². The van der Waals surface area contributed by atoms with Gasteiger partial charge in [0.1, 0.15) is 6.10 Å². The van der Waals surface area contributed by atoms with Gasteiger partial charge < -0.3 is 9.47 Å². The monoisotopic (exact) mass is 214 g/mol. The van der Waals surface area contributed by atoms with E-state index in [0.29, 0.717) is 6.42 Å². The fraction of sp³-hybridized carbons (Fsp3) is 0.917. The van der Waals surface area contributed by atoms with E-state index in [1.54, 1.807) is 7.11 Å². The minimum absolute atomic E-state index is 0.147. The van der Waals surface area contributed by atoms with Crippen molar-refractivity contribution in [3.63, 3.8) is 0 Å². The molecule has 15 heavy (non-hydrogen) atoms. The third-order valence-corrected chi connectivity index (χ3v) is 3.06. The van der Waals surface area contributed by atoms with Crippen LogP contribution in [0.1, 0.15) is 46.0 Å². The third-order valence-electron chi connectivity index (χ3n) is 3.06. The molecule has 0 aromatic heterocycles. The van der Waals surface area contributed by atoms with Gasteiger partial charge in [0.25, 0.3) is 0 Å².